The minimum atomic E-state index is -0.881. The molecule has 1 aliphatic heterocycles. The van der Waals surface area contributed by atoms with E-state index in [4.69, 9.17) is 4.74 Å². The third kappa shape index (κ3) is 4.47. The predicted octanol–water partition coefficient (Wildman–Crippen LogP) is 4.52. The van der Waals surface area contributed by atoms with Crippen LogP contribution in [-0.2, 0) is 11.3 Å². The second-order valence-corrected chi connectivity index (χ2v) is 8.69. The van der Waals surface area contributed by atoms with Gasteiger partial charge in [0.2, 0.25) is 0 Å². The fourth-order valence-corrected chi connectivity index (χ4v) is 4.20. The van der Waals surface area contributed by atoms with E-state index in [1.807, 2.05) is 19.1 Å². The predicted molar refractivity (Wildman–Crippen MR) is 137 cm³/mol. The van der Waals surface area contributed by atoms with Crippen LogP contribution in [0, 0.1) is 18.6 Å². The van der Waals surface area contributed by atoms with Crippen LogP contribution >= 0.6 is 0 Å². The molecule has 1 fully saturated rings. The number of halogens is 2. The minimum Gasteiger partial charge on any atom is -0.496 e. The summed E-state index contributed by atoms with van der Waals surface area (Å²) in [7, 11) is 1.50. The molecule has 1 saturated heterocycles. The zero-order chi connectivity index (χ0) is 27.0. The standard InChI is InChI=1S/C28H22F2N4O4/c1-16-7-11-19(12-8-16)34-26(35)21(25(32-34)20-5-3-4-6-24(20)38-2)14-23-27(36)33(28(37)31-23)15-17-9-10-18(29)13-22(17)30/h3-14,32H,15H2,1-2H3,(H,31,37). The molecule has 0 aliphatic carbocycles. The number of para-hydroxylation sites is 1. The number of benzene rings is 3. The molecule has 2 N–H and O–H groups in total. The van der Waals surface area contributed by atoms with Crippen LogP contribution in [0.25, 0.3) is 23.0 Å². The van der Waals surface area contributed by atoms with Gasteiger partial charge >= 0.3 is 6.03 Å². The summed E-state index contributed by atoms with van der Waals surface area (Å²) in [5, 5.41) is 5.55. The molecule has 10 heteroatoms. The van der Waals surface area contributed by atoms with E-state index in [-0.39, 0.29) is 16.8 Å². The highest BCUT2D eigenvalue weighted by molar-refractivity contribution is 6.14. The van der Waals surface area contributed by atoms with Gasteiger partial charge in [0.05, 0.1) is 30.6 Å². The van der Waals surface area contributed by atoms with Crippen molar-refractivity contribution in [2.75, 3.05) is 7.11 Å². The Bertz CT molecular complexity index is 1650. The maximum Gasteiger partial charge on any atom is 0.329 e. The molecule has 0 radical (unpaired) electrons. The number of aromatic amines is 1. The smallest absolute Gasteiger partial charge is 0.329 e. The Balaban J connectivity index is 1.60. The van der Waals surface area contributed by atoms with Crippen LogP contribution in [-0.4, -0.2) is 33.7 Å². The van der Waals surface area contributed by atoms with Gasteiger partial charge in [0.15, 0.2) is 0 Å². The lowest BCUT2D eigenvalue weighted by atomic mass is 10.1. The molecular weight excluding hydrogens is 494 g/mol. The Morgan fingerprint density at radius 3 is 2.42 bits per heavy atom. The third-order valence-corrected chi connectivity index (χ3v) is 6.19. The molecule has 5 rings (SSSR count). The molecule has 1 aliphatic rings. The zero-order valence-electron chi connectivity index (χ0n) is 20.4. The molecular formula is C28H22F2N4O4. The number of carbonyl (C=O) groups is 2. The number of aromatic nitrogens is 2. The third-order valence-electron chi connectivity index (χ3n) is 6.19. The van der Waals surface area contributed by atoms with Gasteiger partial charge in [-0.25, -0.2) is 18.3 Å². The van der Waals surface area contributed by atoms with Crippen LogP contribution in [0.5, 0.6) is 5.75 Å². The molecule has 0 atom stereocenters. The van der Waals surface area contributed by atoms with Crippen molar-refractivity contribution in [3.05, 3.63) is 111 Å². The second-order valence-electron chi connectivity index (χ2n) is 8.69. The Morgan fingerprint density at radius 2 is 1.71 bits per heavy atom. The van der Waals surface area contributed by atoms with E-state index in [1.54, 1.807) is 36.4 Å². The number of urea groups is 1. The van der Waals surface area contributed by atoms with Gasteiger partial charge in [-0.1, -0.05) is 35.9 Å². The summed E-state index contributed by atoms with van der Waals surface area (Å²) >= 11 is 0. The Labute approximate surface area is 215 Å². The topological polar surface area (TPSA) is 96.4 Å². The number of imide groups is 1. The number of aryl methyl sites for hydroxylation is 1. The molecule has 192 valence electrons. The minimum absolute atomic E-state index is 0.0331. The quantitative estimate of drug-likeness (QED) is 0.291. The highest BCUT2D eigenvalue weighted by Gasteiger charge is 2.35. The number of rotatable bonds is 6. The Morgan fingerprint density at radius 1 is 0.974 bits per heavy atom. The highest BCUT2D eigenvalue weighted by Crippen LogP contribution is 2.31. The molecule has 0 saturated carbocycles. The lowest BCUT2D eigenvalue weighted by molar-refractivity contribution is -0.123. The maximum atomic E-state index is 14.2. The van der Waals surface area contributed by atoms with Gasteiger partial charge in [-0.3, -0.25) is 19.6 Å². The first-order valence-corrected chi connectivity index (χ1v) is 11.6. The molecule has 0 bridgehead atoms. The van der Waals surface area contributed by atoms with E-state index in [9.17, 15) is 23.2 Å². The monoisotopic (exact) mass is 516 g/mol. The van der Waals surface area contributed by atoms with Gasteiger partial charge in [-0.15, -0.1) is 0 Å². The Hall–Kier alpha value is -4.99. The first-order valence-electron chi connectivity index (χ1n) is 11.6. The second kappa shape index (κ2) is 9.81. The van der Waals surface area contributed by atoms with E-state index in [0.717, 1.165) is 16.5 Å². The van der Waals surface area contributed by atoms with Crippen molar-refractivity contribution in [3.63, 3.8) is 0 Å². The van der Waals surface area contributed by atoms with Crippen LogP contribution in [0.3, 0.4) is 0 Å². The lowest BCUT2D eigenvalue weighted by Crippen LogP contribution is -2.30. The van der Waals surface area contributed by atoms with E-state index < -0.39 is 35.7 Å². The summed E-state index contributed by atoms with van der Waals surface area (Å²) in [6.45, 7) is 1.52. The van der Waals surface area contributed by atoms with Gasteiger partial charge in [-0.2, -0.15) is 0 Å². The summed E-state index contributed by atoms with van der Waals surface area (Å²) in [6, 6.07) is 16.4. The molecule has 0 unspecified atom stereocenters. The molecule has 1 aromatic heterocycles. The van der Waals surface area contributed by atoms with Crippen molar-refractivity contribution >= 4 is 18.0 Å². The molecule has 2 heterocycles. The van der Waals surface area contributed by atoms with Gasteiger partial charge < -0.3 is 10.1 Å². The molecule has 38 heavy (non-hydrogen) atoms. The summed E-state index contributed by atoms with van der Waals surface area (Å²) in [5.74, 6) is -1.93. The molecule has 8 nitrogen and oxygen atoms in total. The van der Waals surface area contributed by atoms with Gasteiger partial charge in [0.25, 0.3) is 11.5 Å². The van der Waals surface area contributed by atoms with Crippen LogP contribution in [0.4, 0.5) is 13.6 Å². The van der Waals surface area contributed by atoms with Crippen molar-refractivity contribution in [1.82, 2.24) is 20.0 Å². The number of amides is 3. The number of H-pyrrole nitrogens is 1. The average molecular weight is 517 g/mol. The largest absolute Gasteiger partial charge is 0.496 e. The molecule has 4 aromatic rings. The van der Waals surface area contributed by atoms with Gasteiger partial charge in [0, 0.05) is 17.2 Å². The van der Waals surface area contributed by atoms with E-state index in [0.29, 0.717) is 28.8 Å². The highest BCUT2D eigenvalue weighted by atomic mass is 19.1. The Kier molecular flexibility index (Phi) is 6.38. The summed E-state index contributed by atoms with van der Waals surface area (Å²) in [4.78, 5) is 40.1. The number of carbonyl (C=O) groups excluding carboxylic acids is 2. The van der Waals surface area contributed by atoms with E-state index in [2.05, 4.69) is 10.4 Å². The van der Waals surface area contributed by atoms with Crippen molar-refractivity contribution in [3.8, 4) is 22.7 Å². The van der Waals surface area contributed by atoms with Crippen molar-refractivity contribution < 1.29 is 23.1 Å². The lowest BCUT2D eigenvalue weighted by Gasteiger charge is -2.12. The fraction of sp³-hybridized carbons (Fsp3) is 0.107. The first-order chi connectivity index (χ1) is 18.3. The first kappa shape index (κ1) is 24.7. The summed E-state index contributed by atoms with van der Waals surface area (Å²) in [5.41, 5.74) is 1.95. The number of methoxy groups -OCH3 is 1. The van der Waals surface area contributed by atoms with E-state index >= 15 is 0 Å². The average Bonchev–Trinajstić information content (AvgIpc) is 3.36. The number of hydrogen-bond acceptors (Lipinski definition) is 4. The number of nitrogens with one attached hydrogen (secondary N) is 2. The van der Waals surface area contributed by atoms with E-state index in [1.165, 1.54) is 23.9 Å². The van der Waals surface area contributed by atoms with Crippen LogP contribution in [0.15, 0.2) is 77.2 Å². The van der Waals surface area contributed by atoms with Crippen molar-refractivity contribution in [2.24, 2.45) is 0 Å². The zero-order valence-corrected chi connectivity index (χ0v) is 20.4. The van der Waals surface area contributed by atoms with Crippen LogP contribution in [0.2, 0.25) is 0 Å². The number of nitrogens with zero attached hydrogens (tertiary/aromatic N) is 2. The molecule has 0 spiro atoms. The molecule has 3 aromatic carbocycles. The fourth-order valence-electron chi connectivity index (χ4n) is 4.20. The van der Waals surface area contributed by atoms with Crippen LogP contribution < -0.4 is 15.6 Å². The maximum absolute atomic E-state index is 14.2. The SMILES string of the molecule is COc1ccccc1-c1[nH]n(-c2ccc(C)cc2)c(=O)c1C=C1NC(=O)N(Cc2ccc(F)cc2F)C1=O. The van der Waals surface area contributed by atoms with Crippen LogP contribution in [0.1, 0.15) is 16.7 Å². The normalized spacial score (nSPS) is 14.3. The number of hydrogen-bond donors (Lipinski definition) is 2. The summed E-state index contributed by atoms with van der Waals surface area (Å²) in [6.07, 6.45) is 1.28. The summed E-state index contributed by atoms with van der Waals surface area (Å²) < 4.78 is 34.3. The van der Waals surface area contributed by atoms with Gasteiger partial charge in [-0.05, 0) is 43.3 Å². The molecule has 3 amide bonds. The van der Waals surface area contributed by atoms with Crippen molar-refractivity contribution in [1.29, 1.82) is 0 Å². The van der Waals surface area contributed by atoms with Gasteiger partial charge in [0.1, 0.15) is 23.1 Å². The van der Waals surface area contributed by atoms with Crippen molar-refractivity contribution in [2.45, 2.75) is 13.5 Å². The number of ether oxygens (including phenoxy) is 1.